The lowest BCUT2D eigenvalue weighted by molar-refractivity contribution is 0.262. The molecule has 0 spiro atoms. The highest BCUT2D eigenvalue weighted by atomic mass is 32.1. The normalized spacial score (nSPS) is 10.2. The van der Waals surface area contributed by atoms with Gasteiger partial charge in [-0.25, -0.2) is 14.8 Å². The van der Waals surface area contributed by atoms with Crippen molar-refractivity contribution in [3.8, 4) is 11.3 Å². The quantitative estimate of drug-likeness (QED) is 0.423. The number of H-pyrrole nitrogens is 1. The van der Waals surface area contributed by atoms with Gasteiger partial charge in [0, 0.05) is 28.0 Å². The summed E-state index contributed by atoms with van der Waals surface area (Å²) in [6.07, 6.45) is 5.25. The number of rotatable bonds is 5. The van der Waals surface area contributed by atoms with Crippen molar-refractivity contribution in [2.24, 2.45) is 0 Å². The molecule has 7 heteroatoms. The minimum Gasteiger partial charge on any atom is -0.349 e. The lowest BCUT2D eigenvalue weighted by atomic mass is 10.1. The molecule has 2 amide bonds. The molecule has 144 valence electrons. The first-order chi connectivity index (χ1) is 13.8. The zero-order valence-electron chi connectivity index (χ0n) is 15.9. The predicted octanol–water partition coefficient (Wildman–Crippen LogP) is 5.43. The number of aromatic nitrogens is 3. The van der Waals surface area contributed by atoms with Crippen LogP contribution in [0.3, 0.4) is 0 Å². The summed E-state index contributed by atoms with van der Waals surface area (Å²) < 4.78 is 0. The highest BCUT2D eigenvalue weighted by Crippen LogP contribution is 2.25. The Hall–Kier alpha value is -3.19. The minimum absolute atomic E-state index is 0.293. The molecule has 0 atom stereocenters. The van der Waals surface area contributed by atoms with Crippen LogP contribution >= 0.6 is 11.3 Å². The number of carbonyl (C=O) groups is 1. The molecule has 0 saturated carbocycles. The molecule has 1 aliphatic heterocycles. The first kappa shape index (κ1) is 19.6. The number of para-hydroxylation sites is 1. The number of hydrogen-bond acceptors (Lipinski definition) is 4. The van der Waals surface area contributed by atoms with Crippen LogP contribution in [0.25, 0.3) is 11.3 Å². The monoisotopic (exact) mass is 393 g/mol. The minimum atomic E-state index is -0.293. The standard InChI is InChI=1S/C19H17N5OS.C2H6/c25-18(23-13-5-2-1-3-6-13)24-19-20-11-14(26-19)9-10-17-15-7-4-8-16(15)21-12-22-17;1-2/h1-8,11-12H,9-10H2,(H,21,22)(H2,20,23,24,25);1-2H3. The van der Waals surface area contributed by atoms with Crippen molar-refractivity contribution in [2.45, 2.75) is 26.7 Å². The van der Waals surface area contributed by atoms with Gasteiger partial charge in [0.15, 0.2) is 5.13 Å². The molecular weight excluding hydrogens is 370 g/mol. The molecule has 4 rings (SSSR count). The maximum Gasteiger partial charge on any atom is 0.325 e. The van der Waals surface area contributed by atoms with Crippen molar-refractivity contribution in [3.05, 3.63) is 71.6 Å². The number of nitrogens with one attached hydrogen (secondary N) is 3. The maximum absolute atomic E-state index is 12.0. The van der Waals surface area contributed by atoms with Gasteiger partial charge in [0.25, 0.3) is 0 Å². The molecule has 2 aromatic rings. The van der Waals surface area contributed by atoms with Gasteiger partial charge >= 0.3 is 6.03 Å². The third-order valence-corrected chi connectivity index (χ3v) is 4.96. The number of urea groups is 1. The zero-order valence-corrected chi connectivity index (χ0v) is 16.7. The van der Waals surface area contributed by atoms with E-state index in [9.17, 15) is 4.79 Å². The summed E-state index contributed by atoms with van der Waals surface area (Å²) in [6, 6.07) is 15.1. The maximum atomic E-state index is 12.0. The van der Waals surface area contributed by atoms with E-state index in [2.05, 4.69) is 31.7 Å². The number of nitrogens with zero attached hydrogens (tertiary/aromatic N) is 2. The molecule has 28 heavy (non-hydrogen) atoms. The van der Waals surface area contributed by atoms with Gasteiger partial charge < -0.3 is 10.3 Å². The lowest BCUT2D eigenvalue weighted by Crippen LogP contribution is -2.19. The summed E-state index contributed by atoms with van der Waals surface area (Å²) >= 11 is 1.49. The Morgan fingerprint density at radius 3 is 2.64 bits per heavy atom. The molecule has 0 fully saturated rings. The molecule has 1 aromatic heterocycles. The van der Waals surface area contributed by atoms with Crippen LogP contribution in [0.2, 0.25) is 0 Å². The second-order valence-corrected chi connectivity index (χ2v) is 6.90. The molecule has 0 radical (unpaired) electrons. The van der Waals surface area contributed by atoms with Crippen LogP contribution in [-0.2, 0) is 12.8 Å². The van der Waals surface area contributed by atoms with E-state index >= 15 is 0 Å². The van der Waals surface area contributed by atoms with E-state index < -0.39 is 0 Å². The second kappa shape index (κ2) is 9.66. The van der Waals surface area contributed by atoms with Gasteiger partial charge in [-0.05, 0) is 31.0 Å². The molecule has 1 aliphatic carbocycles. The Balaban J connectivity index is 0.00000109. The van der Waals surface area contributed by atoms with E-state index in [1.165, 1.54) is 11.3 Å². The summed E-state index contributed by atoms with van der Waals surface area (Å²) in [7, 11) is 0. The summed E-state index contributed by atoms with van der Waals surface area (Å²) in [4.78, 5) is 25.0. The lowest BCUT2D eigenvalue weighted by Gasteiger charge is -2.06. The topological polar surface area (TPSA) is 82.7 Å². The zero-order chi connectivity index (χ0) is 19.8. The van der Waals surface area contributed by atoms with E-state index in [-0.39, 0.29) is 6.03 Å². The van der Waals surface area contributed by atoms with Crippen LogP contribution in [0.1, 0.15) is 24.4 Å². The van der Waals surface area contributed by atoms with Crippen molar-refractivity contribution in [1.29, 1.82) is 0 Å². The Bertz CT molecular complexity index is 979. The number of fused-ring (bicyclic) bond motifs is 1. The van der Waals surface area contributed by atoms with Gasteiger partial charge in [-0.1, -0.05) is 44.2 Å². The average Bonchev–Trinajstić information content (AvgIpc) is 3.38. The molecular formula is C21H23N5OS. The van der Waals surface area contributed by atoms with Gasteiger partial charge in [-0.15, -0.1) is 11.3 Å². The first-order valence-electron chi connectivity index (χ1n) is 9.27. The number of hydrogen-bond donors (Lipinski definition) is 3. The Morgan fingerprint density at radius 2 is 1.82 bits per heavy atom. The van der Waals surface area contributed by atoms with Crippen LogP contribution in [-0.4, -0.2) is 21.0 Å². The van der Waals surface area contributed by atoms with Gasteiger partial charge in [0.05, 0.1) is 12.0 Å². The molecule has 6 nitrogen and oxygen atoms in total. The molecule has 1 aromatic carbocycles. The average molecular weight is 394 g/mol. The van der Waals surface area contributed by atoms with E-state index in [1.807, 2.05) is 62.5 Å². The van der Waals surface area contributed by atoms with Crippen LogP contribution in [0, 0.1) is 0 Å². The van der Waals surface area contributed by atoms with E-state index in [1.54, 1.807) is 6.33 Å². The molecule has 0 unspecified atom stereocenters. The highest BCUT2D eigenvalue weighted by Gasteiger charge is 2.11. The number of thiazole rings is 1. The van der Waals surface area contributed by atoms with Crippen molar-refractivity contribution < 1.29 is 4.79 Å². The Labute approximate surface area is 168 Å². The fraction of sp³-hybridized carbons (Fsp3) is 0.190. The van der Waals surface area contributed by atoms with Crippen molar-refractivity contribution in [2.75, 3.05) is 10.6 Å². The Kier molecular flexibility index (Phi) is 6.75. The van der Waals surface area contributed by atoms with E-state index in [0.717, 1.165) is 40.4 Å². The fourth-order valence-electron chi connectivity index (χ4n) is 2.75. The van der Waals surface area contributed by atoms with Crippen LogP contribution in [0.4, 0.5) is 15.6 Å². The van der Waals surface area contributed by atoms with Crippen LogP contribution in [0.15, 0.2) is 61.1 Å². The Morgan fingerprint density at radius 1 is 1.00 bits per heavy atom. The summed E-state index contributed by atoms with van der Waals surface area (Å²) in [6.45, 7) is 4.00. The number of anilines is 2. The number of amides is 2. The summed E-state index contributed by atoms with van der Waals surface area (Å²) in [5.74, 6) is 0. The van der Waals surface area contributed by atoms with Crippen molar-refractivity contribution in [1.82, 2.24) is 15.0 Å². The van der Waals surface area contributed by atoms with E-state index in [4.69, 9.17) is 0 Å². The number of aryl methyl sites for hydroxylation is 2. The third kappa shape index (κ3) is 4.95. The van der Waals surface area contributed by atoms with Gasteiger partial charge in [-0.3, -0.25) is 5.32 Å². The first-order valence-corrected chi connectivity index (χ1v) is 10.1. The third-order valence-electron chi connectivity index (χ3n) is 3.99. The second-order valence-electron chi connectivity index (χ2n) is 5.78. The molecule has 2 heterocycles. The number of aromatic amines is 1. The van der Waals surface area contributed by atoms with Crippen molar-refractivity contribution in [3.63, 3.8) is 0 Å². The van der Waals surface area contributed by atoms with E-state index in [0.29, 0.717) is 5.13 Å². The van der Waals surface area contributed by atoms with Gasteiger partial charge in [-0.2, -0.15) is 0 Å². The van der Waals surface area contributed by atoms with Crippen LogP contribution in [0.5, 0.6) is 0 Å². The SMILES string of the molecule is CC.O=C(Nc1ccccc1)Nc1ncc(CCc2[nH]cnc3cccc2-3)s1. The predicted molar refractivity (Wildman–Crippen MR) is 115 cm³/mol. The highest BCUT2D eigenvalue weighted by molar-refractivity contribution is 7.15. The fourth-order valence-corrected chi connectivity index (χ4v) is 3.56. The smallest absolute Gasteiger partial charge is 0.325 e. The number of benzene rings is 1. The molecule has 0 bridgehead atoms. The molecule has 2 aliphatic rings. The van der Waals surface area contributed by atoms with Crippen LogP contribution < -0.4 is 10.6 Å². The van der Waals surface area contributed by atoms with Gasteiger partial charge in [0.2, 0.25) is 0 Å². The number of carbonyl (C=O) groups excluding carboxylic acids is 1. The summed E-state index contributed by atoms with van der Waals surface area (Å²) in [5.41, 5.74) is 4.05. The molecule has 0 saturated heterocycles. The summed E-state index contributed by atoms with van der Waals surface area (Å²) in [5, 5.41) is 6.14. The molecule has 3 N–H and O–H groups in total. The largest absolute Gasteiger partial charge is 0.349 e. The van der Waals surface area contributed by atoms with Crippen molar-refractivity contribution >= 4 is 28.2 Å². The van der Waals surface area contributed by atoms with Gasteiger partial charge in [0.1, 0.15) is 0 Å².